The summed E-state index contributed by atoms with van der Waals surface area (Å²) in [6.45, 7) is 0. The van der Waals surface area contributed by atoms with Crippen molar-refractivity contribution >= 4 is 75.5 Å². The van der Waals surface area contributed by atoms with E-state index in [0.717, 1.165) is 97.7 Å². The summed E-state index contributed by atoms with van der Waals surface area (Å²) in [5.74, 6) is 2.37. The van der Waals surface area contributed by atoms with Gasteiger partial charge in [-0.3, -0.25) is 0 Å². The van der Waals surface area contributed by atoms with Crippen molar-refractivity contribution in [2.24, 2.45) is 0 Å². The second-order valence-electron chi connectivity index (χ2n) is 14.0. The Hall–Kier alpha value is -7.55. The summed E-state index contributed by atoms with van der Waals surface area (Å²) in [6, 6.07) is 55.1. The van der Waals surface area contributed by atoms with E-state index in [9.17, 15) is 0 Å². The normalized spacial score (nSPS) is 11.9. The van der Waals surface area contributed by atoms with Crippen LogP contribution in [0.5, 0.6) is 0 Å². The molecule has 5 aromatic heterocycles. The summed E-state index contributed by atoms with van der Waals surface area (Å²) in [5, 5.41) is 5.05. The fourth-order valence-corrected chi connectivity index (χ4v) is 9.06. The largest absolute Gasteiger partial charge is 0.456 e. The van der Waals surface area contributed by atoms with Crippen molar-refractivity contribution in [3.63, 3.8) is 0 Å². The van der Waals surface area contributed by atoms with Gasteiger partial charge in [0.25, 0.3) is 0 Å². The highest BCUT2D eigenvalue weighted by molar-refractivity contribution is 7.26. The number of rotatable bonds is 5. The van der Waals surface area contributed by atoms with Gasteiger partial charge < -0.3 is 8.83 Å². The van der Waals surface area contributed by atoms with E-state index in [4.69, 9.17) is 33.8 Å². The van der Waals surface area contributed by atoms with Crippen LogP contribution in [0.3, 0.4) is 0 Å². The van der Waals surface area contributed by atoms with Crippen LogP contribution >= 0.6 is 11.3 Å². The summed E-state index contributed by atoms with van der Waals surface area (Å²) in [6.07, 6.45) is 0. The maximum atomic E-state index is 6.55. The number of furan rings is 2. The molecule has 7 aromatic carbocycles. The molecule has 0 atom stereocenters. The molecule has 8 heteroatoms. The molecule has 0 bridgehead atoms. The molecule has 0 radical (unpaired) electrons. The van der Waals surface area contributed by atoms with Crippen molar-refractivity contribution in [1.82, 2.24) is 24.9 Å². The Labute approximate surface area is 328 Å². The molecule has 5 heterocycles. The molecule has 57 heavy (non-hydrogen) atoms. The molecule has 0 N–H and O–H groups in total. The molecular weight excluding hydrogens is 723 g/mol. The molecule has 0 unspecified atom stereocenters. The number of para-hydroxylation sites is 2. The number of hydrogen-bond donors (Lipinski definition) is 0. The lowest BCUT2D eigenvalue weighted by Crippen LogP contribution is -2.00. The van der Waals surface area contributed by atoms with Crippen LogP contribution in [0.2, 0.25) is 0 Å². The zero-order valence-electron chi connectivity index (χ0n) is 30.0. The summed E-state index contributed by atoms with van der Waals surface area (Å²) >= 11 is 1.71. The van der Waals surface area contributed by atoms with E-state index in [2.05, 4.69) is 60.7 Å². The van der Waals surface area contributed by atoms with Crippen LogP contribution in [0.25, 0.3) is 121 Å². The van der Waals surface area contributed by atoms with Gasteiger partial charge in [-0.2, -0.15) is 0 Å². The Morgan fingerprint density at radius 1 is 0.386 bits per heavy atom. The Morgan fingerprint density at radius 2 is 1.00 bits per heavy atom. The minimum Gasteiger partial charge on any atom is -0.456 e. The fraction of sp³-hybridized carbons (Fsp3) is 0. The third-order valence-corrected chi connectivity index (χ3v) is 11.7. The third-order valence-electron chi connectivity index (χ3n) is 10.6. The number of nitrogens with zero attached hydrogens (tertiary/aromatic N) is 5. The van der Waals surface area contributed by atoms with Crippen LogP contribution in [-0.4, -0.2) is 24.9 Å². The topological polar surface area (TPSA) is 90.7 Å². The van der Waals surface area contributed by atoms with Crippen LogP contribution in [0.15, 0.2) is 173 Å². The lowest BCUT2D eigenvalue weighted by atomic mass is 10.0. The average Bonchev–Trinajstić information content (AvgIpc) is 3.98. The van der Waals surface area contributed by atoms with Gasteiger partial charge in [-0.05, 0) is 42.5 Å². The molecule has 7 nitrogen and oxygen atoms in total. The predicted octanol–water partition coefficient (Wildman–Crippen LogP) is 13.2. The van der Waals surface area contributed by atoms with E-state index in [1.165, 1.54) is 0 Å². The van der Waals surface area contributed by atoms with Gasteiger partial charge in [0.15, 0.2) is 23.3 Å². The zero-order chi connectivity index (χ0) is 37.5. The molecule has 0 fully saturated rings. The quantitative estimate of drug-likeness (QED) is 0.173. The molecular formula is C49H27N5O2S. The number of hydrogen-bond acceptors (Lipinski definition) is 8. The van der Waals surface area contributed by atoms with Crippen molar-refractivity contribution in [2.75, 3.05) is 0 Å². The fourth-order valence-electron chi connectivity index (χ4n) is 7.92. The summed E-state index contributed by atoms with van der Waals surface area (Å²) in [4.78, 5) is 25.7. The van der Waals surface area contributed by atoms with Gasteiger partial charge in [0.05, 0.1) is 15.9 Å². The van der Waals surface area contributed by atoms with Gasteiger partial charge in [0.1, 0.15) is 22.3 Å². The molecule has 0 aliphatic heterocycles. The Bertz CT molecular complexity index is 3480. The Morgan fingerprint density at radius 3 is 1.81 bits per heavy atom. The molecule has 266 valence electrons. The second kappa shape index (κ2) is 12.5. The van der Waals surface area contributed by atoms with Crippen LogP contribution in [-0.2, 0) is 0 Å². The minimum atomic E-state index is 0.560. The van der Waals surface area contributed by atoms with Crippen LogP contribution < -0.4 is 0 Å². The summed E-state index contributed by atoms with van der Waals surface area (Å²) in [7, 11) is 0. The van der Waals surface area contributed by atoms with Crippen molar-refractivity contribution in [2.45, 2.75) is 0 Å². The van der Waals surface area contributed by atoms with E-state index in [1.54, 1.807) is 11.3 Å². The van der Waals surface area contributed by atoms with Gasteiger partial charge in [0.2, 0.25) is 0 Å². The predicted molar refractivity (Wildman–Crippen MR) is 230 cm³/mol. The Balaban J connectivity index is 1.09. The molecule has 0 saturated heterocycles. The first-order chi connectivity index (χ1) is 28.2. The van der Waals surface area contributed by atoms with Crippen LogP contribution in [0.4, 0.5) is 0 Å². The maximum Gasteiger partial charge on any atom is 0.164 e. The van der Waals surface area contributed by atoms with E-state index in [1.807, 2.05) is 103 Å². The van der Waals surface area contributed by atoms with Crippen molar-refractivity contribution < 1.29 is 8.83 Å². The van der Waals surface area contributed by atoms with E-state index < -0.39 is 0 Å². The van der Waals surface area contributed by atoms with E-state index >= 15 is 0 Å². The van der Waals surface area contributed by atoms with Gasteiger partial charge in [-0.1, -0.05) is 121 Å². The van der Waals surface area contributed by atoms with E-state index in [-0.39, 0.29) is 0 Å². The van der Waals surface area contributed by atoms with Crippen molar-refractivity contribution in [1.29, 1.82) is 0 Å². The van der Waals surface area contributed by atoms with Crippen molar-refractivity contribution in [3.05, 3.63) is 164 Å². The number of benzene rings is 7. The molecule has 0 amide bonds. The van der Waals surface area contributed by atoms with Crippen molar-refractivity contribution in [3.8, 4) is 56.8 Å². The number of aromatic nitrogens is 5. The van der Waals surface area contributed by atoms with Gasteiger partial charge in [-0.15, -0.1) is 11.3 Å². The lowest BCUT2D eigenvalue weighted by Gasteiger charge is -2.09. The molecule has 0 saturated carbocycles. The average molecular weight is 750 g/mol. The highest BCUT2D eigenvalue weighted by atomic mass is 32.1. The van der Waals surface area contributed by atoms with Gasteiger partial charge >= 0.3 is 0 Å². The van der Waals surface area contributed by atoms with Gasteiger partial charge in [0, 0.05) is 59.4 Å². The number of thiophene rings is 1. The maximum absolute atomic E-state index is 6.55. The molecule has 12 rings (SSSR count). The number of fused-ring (bicyclic) bond motifs is 9. The smallest absolute Gasteiger partial charge is 0.164 e. The zero-order valence-corrected chi connectivity index (χ0v) is 30.9. The van der Waals surface area contributed by atoms with Gasteiger partial charge in [-0.25, -0.2) is 24.9 Å². The summed E-state index contributed by atoms with van der Waals surface area (Å²) in [5.41, 5.74) is 9.35. The van der Waals surface area contributed by atoms with Crippen LogP contribution in [0, 0.1) is 0 Å². The standard InChI is InChI=1S/C49H27N5O2S/c1-3-13-28(14-4-1)46-52-47(29-15-5-2-6-16-29)54-49(53-46)34-20-12-23-39-41(34)36-27-30(25-26-38(36)55-39)48-50-42-33-18-8-10-24-40(33)57-45(42)43(51-48)35-21-11-19-32-31-17-7-9-22-37(31)56-44(32)35/h1-27H. The molecule has 0 spiro atoms. The van der Waals surface area contributed by atoms with E-state index in [0.29, 0.717) is 23.3 Å². The SMILES string of the molecule is c1ccc(-c2nc(-c3ccccc3)nc(-c3cccc4oc5ccc(-c6nc(-c7cccc8c7oc7ccccc78)c7sc8ccccc8c7n6)cc5c34)n2)cc1. The molecule has 0 aliphatic carbocycles. The minimum absolute atomic E-state index is 0.560. The monoisotopic (exact) mass is 749 g/mol. The second-order valence-corrected chi connectivity index (χ2v) is 15.0. The first-order valence-electron chi connectivity index (χ1n) is 18.7. The molecule has 0 aliphatic rings. The summed E-state index contributed by atoms with van der Waals surface area (Å²) < 4.78 is 15.2. The Kier molecular flexibility index (Phi) is 6.96. The van der Waals surface area contributed by atoms with Crippen LogP contribution in [0.1, 0.15) is 0 Å². The lowest BCUT2D eigenvalue weighted by molar-refractivity contribution is 0.669. The first-order valence-corrected chi connectivity index (χ1v) is 19.5. The molecule has 12 aromatic rings. The highest BCUT2D eigenvalue weighted by Crippen LogP contribution is 2.44. The highest BCUT2D eigenvalue weighted by Gasteiger charge is 2.22. The first kappa shape index (κ1) is 31.8. The third kappa shape index (κ3) is 5.08.